The normalized spacial score (nSPS) is 17.5. The molecular weight excluding hydrogens is 336 g/mol. The maximum atomic E-state index is 10.5. The van der Waals surface area contributed by atoms with E-state index in [0.717, 1.165) is 38.3 Å². The molecule has 146 valence electrons. The molecule has 0 spiro atoms. The topological polar surface area (TPSA) is 35.9 Å². The molecule has 3 rings (SSSR count). The molecule has 0 saturated carbocycles. The number of nitrogens with zero attached hydrogens (tertiary/aromatic N) is 2. The van der Waals surface area contributed by atoms with Gasteiger partial charge in [-0.05, 0) is 36.1 Å². The van der Waals surface area contributed by atoms with Gasteiger partial charge in [0.25, 0.3) is 0 Å². The maximum absolute atomic E-state index is 10.5. The summed E-state index contributed by atoms with van der Waals surface area (Å²) in [5.41, 5.74) is 2.51. The van der Waals surface area contributed by atoms with Crippen LogP contribution in [0.2, 0.25) is 0 Å². The summed E-state index contributed by atoms with van der Waals surface area (Å²) in [6.45, 7) is 9.32. The first-order chi connectivity index (χ1) is 13.2. The zero-order valence-electron chi connectivity index (χ0n) is 16.6. The SMILES string of the molecule is CCC(C)c1ccccc1OCC(O)CN1CCN(c2ccccc2)CC1. The molecule has 2 aromatic carbocycles. The molecule has 0 amide bonds. The first-order valence-corrected chi connectivity index (χ1v) is 10.1. The predicted octanol–water partition coefficient (Wildman–Crippen LogP) is 3.76. The van der Waals surface area contributed by atoms with Crippen molar-refractivity contribution >= 4 is 5.69 Å². The lowest BCUT2D eigenvalue weighted by atomic mass is 9.98. The Labute approximate surface area is 163 Å². The van der Waals surface area contributed by atoms with Crippen molar-refractivity contribution in [3.8, 4) is 5.75 Å². The molecule has 0 aromatic heterocycles. The van der Waals surface area contributed by atoms with Crippen molar-refractivity contribution in [1.29, 1.82) is 0 Å². The summed E-state index contributed by atoms with van der Waals surface area (Å²) in [5.74, 6) is 1.37. The Balaban J connectivity index is 1.45. The molecule has 1 aliphatic rings. The number of para-hydroxylation sites is 2. The average molecular weight is 369 g/mol. The molecule has 2 unspecified atom stereocenters. The van der Waals surface area contributed by atoms with Crippen molar-refractivity contribution in [2.24, 2.45) is 0 Å². The molecule has 0 radical (unpaired) electrons. The van der Waals surface area contributed by atoms with Crippen molar-refractivity contribution in [3.05, 3.63) is 60.2 Å². The number of rotatable bonds is 8. The second-order valence-electron chi connectivity index (χ2n) is 7.44. The molecular formula is C23H32N2O2. The minimum absolute atomic E-state index is 0.340. The second kappa shape index (κ2) is 9.77. The van der Waals surface area contributed by atoms with Gasteiger partial charge in [0.1, 0.15) is 18.5 Å². The van der Waals surface area contributed by atoms with Gasteiger partial charge in [-0.2, -0.15) is 0 Å². The smallest absolute Gasteiger partial charge is 0.122 e. The fraction of sp³-hybridized carbons (Fsp3) is 0.478. The third-order valence-corrected chi connectivity index (χ3v) is 5.46. The molecule has 27 heavy (non-hydrogen) atoms. The molecule has 2 aromatic rings. The minimum atomic E-state index is -0.474. The fourth-order valence-electron chi connectivity index (χ4n) is 3.60. The monoisotopic (exact) mass is 368 g/mol. The summed E-state index contributed by atoms with van der Waals surface area (Å²) in [6.07, 6.45) is 0.604. The quantitative estimate of drug-likeness (QED) is 0.770. The van der Waals surface area contributed by atoms with E-state index in [-0.39, 0.29) is 0 Å². The summed E-state index contributed by atoms with van der Waals surface area (Å²) < 4.78 is 5.97. The molecule has 1 saturated heterocycles. The number of benzene rings is 2. The lowest BCUT2D eigenvalue weighted by molar-refractivity contribution is 0.0658. The molecule has 1 aliphatic heterocycles. The number of hydrogen-bond acceptors (Lipinski definition) is 4. The van der Waals surface area contributed by atoms with Crippen LogP contribution in [0.25, 0.3) is 0 Å². The molecule has 1 heterocycles. The van der Waals surface area contributed by atoms with Gasteiger partial charge in [0.05, 0.1) is 0 Å². The van der Waals surface area contributed by atoms with Crippen LogP contribution in [0.5, 0.6) is 5.75 Å². The molecule has 1 N–H and O–H groups in total. The largest absolute Gasteiger partial charge is 0.491 e. The highest BCUT2D eigenvalue weighted by atomic mass is 16.5. The molecule has 1 fully saturated rings. The van der Waals surface area contributed by atoms with Gasteiger partial charge < -0.3 is 14.7 Å². The molecule has 0 aliphatic carbocycles. The number of aliphatic hydroxyl groups is 1. The van der Waals surface area contributed by atoms with Crippen molar-refractivity contribution in [2.75, 3.05) is 44.2 Å². The number of hydrogen-bond donors (Lipinski definition) is 1. The summed E-state index contributed by atoms with van der Waals surface area (Å²) in [7, 11) is 0. The maximum Gasteiger partial charge on any atom is 0.122 e. The average Bonchev–Trinajstić information content (AvgIpc) is 2.73. The van der Waals surface area contributed by atoms with Crippen LogP contribution in [0, 0.1) is 0 Å². The summed E-state index contributed by atoms with van der Waals surface area (Å²) in [6, 6.07) is 18.7. The van der Waals surface area contributed by atoms with Gasteiger partial charge >= 0.3 is 0 Å². The lowest BCUT2D eigenvalue weighted by Gasteiger charge is -2.36. The molecule has 4 nitrogen and oxygen atoms in total. The van der Waals surface area contributed by atoms with E-state index in [0.29, 0.717) is 19.1 Å². The Kier molecular flexibility index (Phi) is 7.13. The fourth-order valence-corrected chi connectivity index (χ4v) is 3.60. The minimum Gasteiger partial charge on any atom is -0.491 e. The van der Waals surface area contributed by atoms with E-state index in [4.69, 9.17) is 4.74 Å². The van der Waals surface area contributed by atoms with Crippen molar-refractivity contribution < 1.29 is 9.84 Å². The highest BCUT2D eigenvalue weighted by molar-refractivity contribution is 5.46. The van der Waals surface area contributed by atoms with Crippen LogP contribution in [0.4, 0.5) is 5.69 Å². The first kappa shape index (κ1) is 19.7. The highest BCUT2D eigenvalue weighted by Crippen LogP contribution is 2.28. The van der Waals surface area contributed by atoms with Crippen LogP contribution in [-0.4, -0.2) is 55.4 Å². The summed E-state index contributed by atoms with van der Waals surface area (Å²) >= 11 is 0. The van der Waals surface area contributed by atoms with E-state index in [2.05, 4.69) is 66.1 Å². The molecule has 0 bridgehead atoms. The van der Waals surface area contributed by atoms with Crippen LogP contribution < -0.4 is 9.64 Å². The Bertz CT molecular complexity index is 684. The standard InChI is InChI=1S/C23H32N2O2/c1-3-19(2)22-11-7-8-12-23(22)27-18-21(26)17-24-13-15-25(16-14-24)20-9-5-4-6-10-20/h4-12,19,21,26H,3,13-18H2,1-2H3. The van der Waals surface area contributed by atoms with Gasteiger partial charge in [0, 0.05) is 38.4 Å². The Hall–Kier alpha value is -2.04. The van der Waals surface area contributed by atoms with Gasteiger partial charge in [-0.3, -0.25) is 4.90 Å². The van der Waals surface area contributed by atoms with Crippen LogP contribution >= 0.6 is 0 Å². The zero-order valence-corrected chi connectivity index (χ0v) is 16.6. The van der Waals surface area contributed by atoms with E-state index < -0.39 is 6.10 Å². The van der Waals surface area contributed by atoms with Crippen LogP contribution in [-0.2, 0) is 0 Å². The number of ether oxygens (including phenoxy) is 1. The van der Waals surface area contributed by atoms with Gasteiger partial charge in [-0.15, -0.1) is 0 Å². The van der Waals surface area contributed by atoms with Crippen molar-refractivity contribution in [1.82, 2.24) is 4.90 Å². The van der Waals surface area contributed by atoms with Crippen molar-refractivity contribution in [2.45, 2.75) is 32.3 Å². The van der Waals surface area contributed by atoms with Crippen molar-refractivity contribution in [3.63, 3.8) is 0 Å². The van der Waals surface area contributed by atoms with E-state index in [9.17, 15) is 5.11 Å². The lowest BCUT2D eigenvalue weighted by Crippen LogP contribution is -2.49. The van der Waals surface area contributed by atoms with E-state index in [1.165, 1.54) is 11.3 Å². The van der Waals surface area contributed by atoms with Gasteiger partial charge in [-0.1, -0.05) is 50.2 Å². The second-order valence-corrected chi connectivity index (χ2v) is 7.44. The number of anilines is 1. The Morgan fingerprint density at radius 3 is 2.33 bits per heavy atom. The third-order valence-electron chi connectivity index (χ3n) is 5.46. The first-order valence-electron chi connectivity index (χ1n) is 10.1. The van der Waals surface area contributed by atoms with Gasteiger partial charge in [0.15, 0.2) is 0 Å². The number of aliphatic hydroxyl groups excluding tert-OH is 1. The summed E-state index contributed by atoms with van der Waals surface area (Å²) in [5, 5.41) is 10.5. The summed E-state index contributed by atoms with van der Waals surface area (Å²) in [4.78, 5) is 4.73. The highest BCUT2D eigenvalue weighted by Gasteiger charge is 2.20. The third kappa shape index (κ3) is 5.47. The number of piperazine rings is 1. The molecule has 4 heteroatoms. The predicted molar refractivity (Wildman–Crippen MR) is 112 cm³/mol. The van der Waals surface area contributed by atoms with E-state index in [1.54, 1.807) is 0 Å². The zero-order chi connectivity index (χ0) is 19.1. The van der Waals surface area contributed by atoms with E-state index in [1.807, 2.05) is 12.1 Å². The van der Waals surface area contributed by atoms with Gasteiger partial charge in [0.2, 0.25) is 0 Å². The number of β-amino-alcohol motifs (C(OH)–C–C–N with tert-alkyl or cyclic N) is 1. The van der Waals surface area contributed by atoms with Crippen LogP contribution in [0.3, 0.4) is 0 Å². The van der Waals surface area contributed by atoms with Gasteiger partial charge in [-0.25, -0.2) is 0 Å². The van der Waals surface area contributed by atoms with E-state index >= 15 is 0 Å². The van der Waals surface area contributed by atoms with Crippen LogP contribution in [0.1, 0.15) is 31.7 Å². The molecule has 2 atom stereocenters. The Morgan fingerprint density at radius 2 is 1.63 bits per heavy atom. The van der Waals surface area contributed by atoms with Crippen LogP contribution in [0.15, 0.2) is 54.6 Å². The Morgan fingerprint density at radius 1 is 0.963 bits per heavy atom.